The molecule has 0 spiro atoms. The van der Waals surface area contributed by atoms with Crippen molar-refractivity contribution < 1.29 is 0 Å². The molecule has 1 N–H and O–H groups in total. The molecule has 0 radical (unpaired) electrons. The summed E-state index contributed by atoms with van der Waals surface area (Å²) < 4.78 is 2.36. The fourth-order valence-corrected chi connectivity index (χ4v) is 2.65. The zero-order valence-electron chi connectivity index (χ0n) is 11.2. The molecule has 20 heavy (non-hydrogen) atoms. The van der Waals surface area contributed by atoms with Crippen LogP contribution in [0.1, 0.15) is 31.4 Å². The Labute approximate surface area is 123 Å². The second-order valence-electron chi connectivity index (χ2n) is 5.04. The molecule has 0 aliphatic heterocycles. The van der Waals surface area contributed by atoms with Crippen molar-refractivity contribution in [3.8, 4) is 0 Å². The smallest absolute Gasteiger partial charge is 0.227 e. The highest BCUT2D eigenvalue weighted by atomic mass is 32.1. The van der Waals surface area contributed by atoms with Crippen molar-refractivity contribution in [2.45, 2.75) is 38.3 Å². The third-order valence-corrected chi connectivity index (χ3v) is 3.84. The second kappa shape index (κ2) is 6.09. The van der Waals surface area contributed by atoms with E-state index in [9.17, 15) is 0 Å². The average Bonchev–Trinajstić information content (AvgIpc) is 2.96. The quantitative estimate of drug-likeness (QED) is 0.876. The highest BCUT2D eigenvalue weighted by Gasteiger charge is 2.15. The van der Waals surface area contributed by atoms with E-state index in [0.717, 1.165) is 5.69 Å². The largest absolute Gasteiger partial charge is 0.351 e. The van der Waals surface area contributed by atoms with E-state index in [1.54, 1.807) is 12.5 Å². The van der Waals surface area contributed by atoms with Crippen LogP contribution in [0.2, 0.25) is 0 Å². The first-order valence-electron chi connectivity index (χ1n) is 6.91. The second-order valence-corrected chi connectivity index (χ2v) is 5.40. The Balaban J connectivity index is 1.72. The van der Waals surface area contributed by atoms with E-state index in [0.29, 0.717) is 23.3 Å². The Bertz CT molecular complexity index is 619. The molecule has 0 atom stereocenters. The molecule has 2 aromatic rings. The van der Waals surface area contributed by atoms with Gasteiger partial charge < -0.3 is 9.88 Å². The van der Waals surface area contributed by atoms with E-state index in [4.69, 9.17) is 12.2 Å². The summed E-state index contributed by atoms with van der Waals surface area (Å²) in [4.78, 5) is 13.0. The van der Waals surface area contributed by atoms with Gasteiger partial charge in [0.05, 0.1) is 12.2 Å². The maximum Gasteiger partial charge on any atom is 0.227 e. The predicted octanol–water partition coefficient (Wildman–Crippen LogP) is 2.81. The first-order chi connectivity index (χ1) is 9.81. The van der Waals surface area contributed by atoms with Gasteiger partial charge in [-0.15, -0.1) is 0 Å². The van der Waals surface area contributed by atoms with Gasteiger partial charge in [-0.3, -0.25) is 4.98 Å². The number of aromatic nitrogens is 4. The van der Waals surface area contributed by atoms with Crippen LogP contribution in [0.15, 0.2) is 30.7 Å². The first-order valence-corrected chi connectivity index (χ1v) is 7.32. The zero-order valence-corrected chi connectivity index (χ0v) is 12.0. The van der Waals surface area contributed by atoms with Crippen LogP contribution in [0, 0.1) is 4.77 Å². The Kier molecular flexibility index (Phi) is 4.01. The molecule has 2 aromatic heterocycles. The first kappa shape index (κ1) is 13.2. The molecule has 104 valence electrons. The lowest BCUT2D eigenvalue weighted by Crippen LogP contribution is -2.18. The molecule has 0 aromatic carbocycles. The molecule has 2 heterocycles. The molecule has 1 saturated carbocycles. The fraction of sp³-hybridized carbons (Fsp3) is 0.429. The summed E-state index contributed by atoms with van der Waals surface area (Å²) in [6.07, 6.45) is 8.46. The van der Waals surface area contributed by atoms with E-state index in [1.165, 1.54) is 25.7 Å². The standard InChI is InChI=1S/C14H17N5S/c20-14-18-13(17-11-5-1-2-6-11)16-10-19(14)9-12-7-3-4-8-15-12/h3-4,7-8,10-11H,1-2,5-6,9H2,(H,17,18,20). The normalized spacial score (nSPS) is 15.4. The van der Waals surface area contributed by atoms with Crippen molar-refractivity contribution in [1.82, 2.24) is 19.5 Å². The van der Waals surface area contributed by atoms with Gasteiger partial charge in [0, 0.05) is 12.2 Å². The van der Waals surface area contributed by atoms with Gasteiger partial charge in [0.25, 0.3) is 0 Å². The lowest BCUT2D eigenvalue weighted by molar-refractivity contribution is 0.693. The van der Waals surface area contributed by atoms with E-state index in [1.807, 2.05) is 22.8 Å². The van der Waals surface area contributed by atoms with Crippen molar-refractivity contribution >= 4 is 18.2 Å². The highest BCUT2D eigenvalue weighted by molar-refractivity contribution is 7.71. The van der Waals surface area contributed by atoms with Crippen molar-refractivity contribution in [1.29, 1.82) is 0 Å². The SMILES string of the molecule is S=c1nc(NC2CCCC2)ncn1Cc1ccccn1. The Morgan fingerprint density at radius 1 is 1.25 bits per heavy atom. The Morgan fingerprint density at radius 3 is 2.80 bits per heavy atom. The molecule has 0 unspecified atom stereocenters. The Morgan fingerprint density at radius 2 is 2.10 bits per heavy atom. The van der Waals surface area contributed by atoms with Crippen LogP contribution < -0.4 is 5.32 Å². The predicted molar refractivity (Wildman–Crippen MR) is 80.1 cm³/mol. The van der Waals surface area contributed by atoms with Gasteiger partial charge >= 0.3 is 0 Å². The van der Waals surface area contributed by atoms with Gasteiger partial charge in [-0.25, -0.2) is 4.98 Å². The molecule has 0 amide bonds. The molecule has 0 saturated heterocycles. The molecule has 6 heteroatoms. The maximum atomic E-state index is 5.32. The number of nitrogens with zero attached hydrogens (tertiary/aromatic N) is 4. The number of hydrogen-bond acceptors (Lipinski definition) is 5. The molecule has 1 fully saturated rings. The van der Waals surface area contributed by atoms with Crippen LogP contribution in [0.4, 0.5) is 5.95 Å². The number of pyridine rings is 1. The van der Waals surface area contributed by atoms with Crippen LogP contribution in [-0.4, -0.2) is 25.6 Å². The summed E-state index contributed by atoms with van der Waals surface area (Å²) in [5.41, 5.74) is 0.948. The van der Waals surface area contributed by atoms with Gasteiger partial charge in [-0.05, 0) is 37.2 Å². The van der Waals surface area contributed by atoms with Gasteiger partial charge in [-0.2, -0.15) is 4.98 Å². The number of rotatable bonds is 4. The number of hydrogen-bond donors (Lipinski definition) is 1. The van der Waals surface area contributed by atoms with Crippen LogP contribution >= 0.6 is 12.2 Å². The summed E-state index contributed by atoms with van der Waals surface area (Å²) in [6, 6.07) is 6.32. The summed E-state index contributed by atoms with van der Waals surface area (Å²) in [6.45, 7) is 0.601. The molecular formula is C14H17N5S. The minimum Gasteiger partial charge on any atom is -0.351 e. The lowest BCUT2D eigenvalue weighted by atomic mass is 10.3. The van der Waals surface area contributed by atoms with Crippen LogP contribution in [0.5, 0.6) is 0 Å². The minimum absolute atomic E-state index is 0.496. The summed E-state index contributed by atoms with van der Waals surface area (Å²) in [5.74, 6) is 0.638. The van der Waals surface area contributed by atoms with Crippen LogP contribution in [0.3, 0.4) is 0 Å². The van der Waals surface area contributed by atoms with Gasteiger partial charge in [0.2, 0.25) is 10.7 Å². The van der Waals surface area contributed by atoms with Crippen molar-refractivity contribution in [3.05, 3.63) is 41.2 Å². The van der Waals surface area contributed by atoms with E-state index >= 15 is 0 Å². The van der Waals surface area contributed by atoms with Crippen molar-refractivity contribution in [2.24, 2.45) is 0 Å². The zero-order chi connectivity index (χ0) is 13.8. The molecule has 1 aliphatic rings. The van der Waals surface area contributed by atoms with Gasteiger partial charge in [-0.1, -0.05) is 18.9 Å². The number of nitrogens with one attached hydrogen (secondary N) is 1. The highest BCUT2D eigenvalue weighted by Crippen LogP contribution is 2.20. The molecule has 1 aliphatic carbocycles. The summed E-state index contributed by atoms with van der Waals surface area (Å²) in [5, 5.41) is 3.35. The van der Waals surface area contributed by atoms with Gasteiger partial charge in [0.1, 0.15) is 6.33 Å². The monoisotopic (exact) mass is 287 g/mol. The molecule has 5 nitrogen and oxygen atoms in total. The fourth-order valence-electron chi connectivity index (χ4n) is 2.45. The van der Waals surface area contributed by atoms with E-state index in [2.05, 4.69) is 20.3 Å². The average molecular weight is 287 g/mol. The molecule has 3 rings (SSSR count). The topological polar surface area (TPSA) is 55.6 Å². The Hall–Kier alpha value is -1.82. The molecule has 0 bridgehead atoms. The summed E-state index contributed by atoms with van der Waals surface area (Å²) >= 11 is 5.32. The third-order valence-electron chi connectivity index (χ3n) is 3.51. The van der Waals surface area contributed by atoms with Crippen LogP contribution in [0.25, 0.3) is 0 Å². The third kappa shape index (κ3) is 3.19. The van der Waals surface area contributed by atoms with Crippen molar-refractivity contribution in [2.75, 3.05) is 5.32 Å². The molecular weight excluding hydrogens is 270 g/mol. The van der Waals surface area contributed by atoms with E-state index in [-0.39, 0.29) is 0 Å². The summed E-state index contributed by atoms with van der Waals surface area (Å²) in [7, 11) is 0. The minimum atomic E-state index is 0.496. The lowest BCUT2D eigenvalue weighted by Gasteiger charge is -2.12. The van der Waals surface area contributed by atoms with Crippen molar-refractivity contribution in [3.63, 3.8) is 0 Å². The van der Waals surface area contributed by atoms with E-state index < -0.39 is 0 Å². The van der Waals surface area contributed by atoms with Gasteiger partial charge in [0.15, 0.2) is 0 Å². The maximum absolute atomic E-state index is 5.32. The number of anilines is 1. The van der Waals surface area contributed by atoms with Crippen LogP contribution in [-0.2, 0) is 6.54 Å².